The second-order valence-electron chi connectivity index (χ2n) is 5.57. The Morgan fingerprint density at radius 3 is 2.33 bits per heavy atom. The first-order valence-corrected chi connectivity index (χ1v) is 8.09. The van der Waals surface area contributed by atoms with E-state index >= 15 is 0 Å². The number of halogens is 1. The van der Waals surface area contributed by atoms with Crippen molar-refractivity contribution >= 4 is 17.7 Å². The molecule has 0 aromatic heterocycles. The van der Waals surface area contributed by atoms with Crippen LogP contribution in [0.1, 0.15) is 11.1 Å². The zero-order valence-electron chi connectivity index (χ0n) is 13.2. The van der Waals surface area contributed by atoms with Gasteiger partial charge < -0.3 is 20.8 Å². The van der Waals surface area contributed by atoms with Gasteiger partial charge in [0.05, 0.1) is 12.1 Å². The van der Waals surface area contributed by atoms with E-state index in [0.717, 1.165) is 11.1 Å². The molecule has 0 aliphatic heterocycles. The van der Waals surface area contributed by atoms with Crippen molar-refractivity contribution in [2.45, 2.75) is 25.1 Å². The minimum atomic E-state index is -1.15. The van der Waals surface area contributed by atoms with Crippen LogP contribution in [0.15, 0.2) is 54.6 Å². The molecule has 0 unspecified atom stereocenters. The Hall–Kier alpha value is -2.08. The first-order chi connectivity index (χ1) is 11.5. The zero-order valence-corrected chi connectivity index (χ0v) is 13.9. The topological polar surface area (TPSA) is 81.6 Å². The van der Waals surface area contributed by atoms with Crippen LogP contribution in [-0.2, 0) is 13.0 Å². The fourth-order valence-corrected chi connectivity index (χ4v) is 2.54. The van der Waals surface area contributed by atoms with Crippen LogP contribution in [-0.4, -0.2) is 35.0 Å². The summed E-state index contributed by atoms with van der Waals surface area (Å²) in [6.07, 6.45) is -1.56. The summed E-state index contributed by atoms with van der Waals surface area (Å²) in [6, 6.07) is 16.3. The molecule has 24 heavy (non-hydrogen) atoms. The zero-order chi connectivity index (χ0) is 17.4. The van der Waals surface area contributed by atoms with Gasteiger partial charge in [-0.15, -0.1) is 0 Å². The molecule has 6 heteroatoms. The maximum atomic E-state index is 11.0. The van der Waals surface area contributed by atoms with E-state index in [1.807, 2.05) is 42.5 Å². The Morgan fingerprint density at radius 2 is 1.71 bits per heavy atom. The molecule has 0 saturated heterocycles. The molecule has 0 bridgehead atoms. The van der Waals surface area contributed by atoms with Crippen LogP contribution in [0.3, 0.4) is 0 Å². The molecule has 0 heterocycles. The average Bonchev–Trinajstić information content (AvgIpc) is 2.56. The van der Waals surface area contributed by atoms with Crippen molar-refractivity contribution in [3.8, 4) is 0 Å². The number of aliphatic hydroxyl groups is 1. The number of benzene rings is 2. The van der Waals surface area contributed by atoms with Crippen LogP contribution < -0.4 is 10.6 Å². The Labute approximate surface area is 146 Å². The van der Waals surface area contributed by atoms with Gasteiger partial charge in [0.2, 0.25) is 0 Å². The fraction of sp³-hybridized carbons (Fsp3) is 0.278. The van der Waals surface area contributed by atoms with E-state index < -0.39 is 18.2 Å². The SMILES string of the molecule is O=C(O)N[C@@H](Cc1ccccc1)[C@@H](O)CNCc1ccc(Cl)cc1. The molecular formula is C18H21ClN2O3. The highest BCUT2D eigenvalue weighted by molar-refractivity contribution is 6.30. The highest BCUT2D eigenvalue weighted by Crippen LogP contribution is 2.10. The van der Waals surface area contributed by atoms with Crippen molar-refractivity contribution in [3.05, 3.63) is 70.7 Å². The van der Waals surface area contributed by atoms with Crippen LogP contribution in [0.5, 0.6) is 0 Å². The average molecular weight is 349 g/mol. The van der Waals surface area contributed by atoms with E-state index in [-0.39, 0.29) is 6.54 Å². The van der Waals surface area contributed by atoms with E-state index in [2.05, 4.69) is 10.6 Å². The van der Waals surface area contributed by atoms with Crippen molar-refractivity contribution in [1.29, 1.82) is 0 Å². The Kier molecular flexibility index (Phi) is 7.06. The predicted molar refractivity (Wildman–Crippen MR) is 94.3 cm³/mol. The molecule has 0 radical (unpaired) electrons. The van der Waals surface area contributed by atoms with Crippen LogP contribution in [0.4, 0.5) is 4.79 Å². The number of carbonyl (C=O) groups is 1. The molecule has 128 valence electrons. The molecule has 5 nitrogen and oxygen atoms in total. The van der Waals surface area contributed by atoms with Gasteiger partial charge in [0.1, 0.15) is 0 Å². The number of carboxylic acid groups (broad SMARTS) is 1. The van der Waals surface area contributed by atoms with Crippen molar-refractivity contribution in [3.63, 3.8) is 0 Å². The summed E-state index contributed by atoms with van der Waals surface area (Å²) in [6.45, 7) is 0.847. The third kappa shape index (κ3) is 6.20. The number of hydrogen-bond donors (Lipinski definition) is 4. The first kappa shape index (κ1) is 18.3. The lowest BCUT2D eigenvalue weighted by atomic mass is 10.0. The highest BCUT2D eigenvalue weighted by atomic mass is 35.5. The summed E-state index contributed by atoms with van der Waals surface area (Å²) in [5.41, 5.74) is 2.01. The summed E-state index contributed by atoms with van der Waals surface area (Å²) >= 11 is 5.84. The molecule has 2 rings (SSSR count). The smallest absolute Gasteiger partial charge is 0.404 e. The lowest BCUT2D eigenvalue weighted by Crippen LogP contribution is -2.48. The van der Waals surface area contributed by atoms with Gasteiger partial charge in [-0.25, -0.2) is 4.79 Å². The van der Waals surface area contributed by atoms with Gasteiger partial charge in [-0.05, 0) is 29.7 Å². The maximum Gasteiger partial charge on any atom is 0.404 e. The van der Waals surface area contributed by atoms with E-state index in [9.17, 15) is 9.90 Å². The van der Waals surface area contributed by atoms with Crippen molar-refractivity contribution < 1.29 is 15.0 Å². The largest absolute Gasteiger partial charge is 0.465 e. The molecule has 0 aliphatic carbocycles. The van der Waals surface area contributed by atoms with Gasteiger partial charge in [-0.1, -0.05) is 54.1 Å². The van der Waals surface area contributed by atoms with Gasteiger partial charge in [0, 0.05) is 18.1 Å². The summed E-state index contributed by atoms with van der Waals surface area (Å²) in [5.74, 6) is 0. The van der Waals surface area contributed by atoms with Gasteiger partial charge in [-0.3, -0.25) is 0 Å². The normalized spacial score (nSPS) is 13.2. The van der Waals surface area contributed by atoms with Gasteiger partial charge in [0.25, 0.3) is 0 Å². The summed E-state index contributed by atoms with van der Waals surface area (Å²) in [7, 11) is 0. The van der Waals surface area contributed by atoms with Crippen molar-refractivity contribution in [2.75, 3.05) is 6.54 Å². The molecule has 2 aromatic carbocycles. The number of aliphatic hydroxyl groups excluding tert-OH is 1. The van der Waals surface area contributed by atoms with Gasteiger partial charge >= 0.3 is 6.09 Å². The summed E-state index contributed by atoms with van der Waals surface area (Å²) in [4.78, 5) is 11.0. The maximum absolute atomic E-state index is 11.0. The van der Waals surface area contributed by atoms with Crippen LogP contribution >= 0.6 is 11.6 Å². The van der Waals surface area contributed by atoms with Crippen LogP contribution in [0, 0.1) is 0 Å². The molecule has 2 atom stereocenters. The third-order valence-corrected chi connectivity index (χ3v) is 3.92. The quantitative estimate of drug-likeness (QED) is 0.591. The van der Waals surface area contributed by atoms with E-state index in [1.54, 1.807) is 12.1 Å². The second-order valence-corrected chi connectivity index (χ2v) is 6.01. The van der Waals surface area contributed by atoms with Crippen LogP contribution in [0.2, 0.25) is 5.02 Å². The molecule has 0 aliphatic rings. The fourth-order valence-electron chi connectivity index (χ4n) is 2.42. The lowest BCUT2D eigenvalue weighted by molar-refractivity contribution is 0.117. The Balaban J connectivity index is 1.88. The van der Waals surface area contributed by atoms with Crippen LogP contribution in [0.25, 0.3) is 0 Å². The van der Waals surface area contributed by atoms with Crippen molar-refractivity contribution in [2.24, 2.45) is 0 Å². The predicted octanol–water partition coefficient (Wildman–Crippen LogP) is 2.67. The summed E-state index contributed by atoms with van der Waals surface area (Å²) < 4.78 is 0. The minimum Gasteiger partial charge on any atom is -0.465 e. The van der Waals surface area contributed by atoms with Gasteiger partial charge in [-0.2, -0.15) is 0 Å². The molecule has 0 saturated carbocycles. The third-order valence-electron chi connectivity index (χ3n) is 3.67. The molecule has 1 amide bonds. The molecule has 0 fully saturated rings. The Morgan fingerprint density at radius 1 is 1.04 bits per heavy atom. The number of nitrogens with one attached hydrogen (secondary N) is 2. The van der Waals surface area contributed by atoms with E-state index in [1.165, 1.54) is 0 Å². The molecule has 2 aromatic rings. The first-order valence-electron chi connectivity index (χ1n) is 7.71. The Bertz CT molecular complexity index is 634. The second kappa shape index (κ2) is 9.27. The molecule has 4 N–H and O–H groups in total. The van der Waals surface area contributed by atoms with E-state index in [4.69, 9.17) is 16.7 Å². The molecule has 0 spiro atoms. The number of amides is 1. The number of hydrogen-bond acceptors (Lipinski definition) is 3. The van der Waals surface area contributed by atoms with Gasteiger partial charge in [0.15, 0.2) is 0 Å². The minimum absolute atomic E-state index is 0.278. The van der Waals surface area contributed by atoms with E-state index in [0.29, 0.717) is 18.0 Å². The standard InChI is InChI=1S/C18H21ClN2O3/c19-15-8-6-14(7-9-15)11-20-12-17(22)16(21-18(23)24)10-13-4-2-1-3-5-13/h1-9,16-17,20-22H,10-12H2,(H,23,24)/t16-,17-/m0/s1. The monoisotopic (exact) mass is 348 g/mol. The van der Waals surface area contributed by atoms with Crippen molar-refractivity contribution in [1.82, 2.24) is 10.6 Å². The molecular weight excluding hydrogens is 328 g/mol. The summed E-state index contributed by atoms with van der Waals surface area (Å²) in [5, 5.41) is 25.5. The number of rotatable bonds is 8. The lowest BCUT2D eigenvalue weighted by Gasteiger charge is -2.23. The highest BCUT2D eigenvalue weighted by Gasteiger charge is 2.21.